The van der Waals surface area contributed by atoms with Crippen molar-refractivity contribution in [1.82, 2.24) is 0 Å². The fourth-order valence-electron chi connectivity index (χ4n) is 1.84. The number of hydrogen-bond donors (Lipinski definition) is 0. The van der Waals surface area contributed by atoms with E-state index in [4.69, 9.17) is 0 Å². The van der Waals surface area contributed by atoms with E-state index in [1.807, 2.05) is 0 Å². The molecule has 1 aliphatic rings. The molecule has 1 rings (SSSR count). The molecule has 1 nitrogen and oxygen atoms in total. The summed E-state index contributed by atoms with van der Waals surface area (Å²) in [5.41, 5.74) is 1.19. The lowest BCUT2D eigenvalue weighted by molar-refractivity contribution is 0.459. The third kappa shape index (κ3) is 6.33. The Hall–Kier alpha value is 0.140. The Labute approximate surface area is 108 Å². The molecule has 0 saturated carbocycles. The van der Waals surface area contributed by atoms with Crippen LogP contribution in [-0.2, 0) is 0 Å². The summed E-state index contributed by atoms with van der Waals surface area (Å²) < 4.78 is 0.676. The van der Waals surface area contributed by atoms with Crippen molar-refractivity contribution in [3.63, 3.8) is 0 Å². The zero-order valence-corrected chi connectivity index (χ0v) is 12.0. The Morgan fingerprint density at radius 3 is 2.87 bits per heavy atom. The van der Waals surface area contributed by atoms with Gasteiger partial charge >= 0.3 is 0 Å². The Morgan fingerprint density at radius 2 is 2.07 bits per heavy atom. The highest BCUT2D eigenvalue weighted by molar-refractivity contribution is 14.1. The largest absolute Gasteiger partial charge is 0.290 e. The van der Waals surface area contributed by atoms with Crippen LogP contribution in [0.2, 0.25) is 0 Å². The number of halogens is 1. The van der Waals surface area contributed by atoms with Gasteiger partial charge in [-0.1, -0.05) is 48.4 Å². The van der Waals surface area contributed by atoms with Gasteiger partial charge in [0.1, 0.15) is 0 Å². The van der Waals surface area contributed by atoms with E-state index in [0.29, 0.717) is 3.92 Å². The summed E-state index contributed by atoms with van der Waals surface area (Å²) in [6.45, 7) is 5.50. The monoisotopic (exact) mass is 319 g/mol. The molecule has 0 bridgehead atoms. The highest BCUT2D eigenvalue weighted by Gasteiger charge is 2.06. The lowest BCUT2D eigenvalue weighted by Crippen LogP contribution is -2.02. The van der Waals surface area contributed by atoms with Crippen LogP contribution in [0.5, 0.6) is 0 Å². The van der Waals surface area contributed by atoms with Crippen LogP contribution in [0.4, 0.5) is 0 Å². The number of nitrogens with zero attached hydrogens (tertiary/aromatic N) is 1. The third-order valence-electron chi connectivity index (χ3n) is 2.95. The van der Waals surface area contributed by atoms with Crippen LogP contribution in [0.3, 0.4) is 0 Å². The van der Waals surface area contributed by atoms with E-state index in [2.05, 4.69) is 53.6 Å². The van der Waals surface area contributed by atoms with Crippen molar-refractivity contribution in [2.75, 3.05) is 6.54 Å². The molecule has 2 atom stereocenters. The van der Waals surface area contributed by atoms with Crippen molar-refractivity contribution in [1.29, 1.82) is 0 Å². The highest BCUT2D eigenvalue weighted by atomic mass is 127. The second kappa shape index (κ2) is 7.42. The van der Waals surface area contributed by atoms with E-state index in [1.54, 1.807) is 0 Å². The van der Waals surface area contributed by atoms with E-state index in [0.717, 1.165) is 12.5 Å². The van der Waals surface area contributed by atoms with E-state index < -0.39 is 0 Å². The minimum absolute atomic E-state index is 0.676. The normalized spacial score (nSPS) is 30.2. The molecule has 1 unspecified atom stereocenters. The SMILES string of the molecule is CC1=NCCCC[C@@H](C)CCC(I)C=C1. The molecule has 0 N–H and O–H groups in total. The molecule has 2 heteroatoms. The minimum atomic E-state index is 0.676. The number of alkyl halides is 1. The topological polar surface area (TPSA) is 12.4 Å². The molecule has 0 fully saturated rings. The molecule has 0 radical (unpaired) electrons. The molecule has 1 heterocycles. The number of rotatable bonds is 0. The second-order valence-corrected chi connectivity index (χ2v) is 6.18. The van der Waals surface area contributed by atoms with E-state index in [9.17, 15) is 0 Å². The van der Waals surface area contributed by atoms with Crippen LogP contribution < -0.4 is 0 Å². The molecule has 15 heavy (non-hydrogen) atoms. The first-order valence-electron chi connectivity index (χ1n) is 6.02. The van der Waals surface area contributed by atoms with Gasteiger partial charge in [-0.3, -0.25) is 4.99 Å². The fraction of sp³-hybridized carbons (Fsp3) is 0.769. The van der Waals surface area contributed by atoms with Gasteiger partial charge in [0.15, 0.2) is 0 Å². The standard InChI is InChI=1S/C13H22IN/c1-11-5-3-4-10-15-12(2)7-9-13(14)8-6-11/h7,9,11,13H,3-6,8,10H2,1-2H3/t11-,13?/m1/s1. The summed E-state index contributed by atoms with van der Waals surface area (Å²) in [5.74, 6) is 0.889. The average Bonchev–Trinajstić information content (AvgIpc) is 2.21. The Bertz CT molecular complexity index is 233. The van der Waals surface area contributed by atoms with Crippen molar-refractivity contribution >= 4 is 28.3 Å². The average molecular weight is 319 g/mol. The van der Waals surface area contributed by atoms with Gasteiger partial charge in [-0.2, -0.15) is 0 Å². The molecule has 0 aromatic heterocycles. The summed E-state index contributed by atoms with van der Waals surface area (Å²) >= 11 is 2.53. The number of allylic oxidation sites excluding steroid dienone is 2. The van der Waals surface area contributed by atoms with Crippen molar-refractivity contribution in [3.05, 3.63) is 12.2 Å². The predicted octanol–water partition coefficient (Wildman–Crippen LogP) is 4.41. The van der Waals surface area contributed by atoms with Crippen LogP contribution in [0, 0.1) is 5.92 Å². The zero-order valence-electron chi connectivity index (χ0n) is 9.88. The van der Waals surface area contributed by atoms with E-state index in [-0.39, 0.29) is 0 Å². The van der Waals surface area contributed by atoms with Crippen LogP contribution in [0.25, 0.3) is 0 Å². The number of aliphatic imine (C=N–C) groups is 1. The van der Waals surface area contributed by atoms with Crippen LogP contribution in [0.1, 0.15) is 46.0 Å². The summed E-state index contributed by atoms with van der Waals surface area (Å²) in [6, 6.07) is 0. The van der Waals surface area contributed by atoms with Gasteiger partial charge in [-0.15, -0.1) is 0 Å². The van der Waals surface area contributed by atoms with Crippen molar-refractivity contribution < 1.29 is 0 Å². The molecule has 0 spiro atoms. The Kier molecular flexibility index (Phi) is 6.53. The van der Waals surface area contributed by atoms with Crippen molar-refractivity contribution in [3.8, 4) is 0 Å². The first-order valence-corrected chi connectivity index (χ1v) is 7.26. The molecule has 0 aromatic rings. The molecule has 0 amide bonds. The van der Waals surface area contributed by atoms with Gasteiger partial charge in [-0.05, 0) is 38.2 Å². The molecular formula is C13H22IN. The third-order valence-corrected chi connectivity index (χ3v) is 3.99. The van der Waals surface area contributed by atoms with Gasteiger partial charge in [-0.25, -0.2) is 0 Å². The van der Waals surface area contributed by atoms with Gasteiger partial charge < -0.3 is 0 Å². The minimum Gasteiger partial charge on any atom is -0.290 e. The highest BCUT2D eigenvalue weighted by Crippen LogP contribution is 2.19. The molecule has 86 valence electrons. The Morgan fingerprint density at radius 1 is 1.27 bits per heavy atom. The van der Waals surface area contributed by atoms with E-state index >= 15 is 0 Å². The summed E-state index contributed by atoms with van der Waals surface area (Å²) in [4.78, 5) is 4.54. The first-order chi connectivity index (χ1) is 7.18. The van der Waals surface area contributed by atoms with Crippen LogP contribution in [0.15, 0.2) is 17.1 Å². The summed E-state index contributed by atoms with van der Waals surface area (Å²) in [7, 11) is 0. The van der Waals surface area contributed by atoms with Crippen molar-refractivity contribution in [2.24, 2.45) is 10.9 Å². The lowest BCUT2D eigenvalue weighted by atomic mass is 9.97. The van der Waals surface area contributed by atoms with Crippen molar-refractivity contribution in [2.45, 2.75) is 49.9 Å². The molecule has 1 aliphatic heterocycles. The first kappa shape index (κ1) is 13.2. The fourth-order valence-corrected chi connectivity index (χ4v) is 2.41. The second-order valence-electron chi connectivity index (χ2n) is 4.58. The predicted molar refractivity (Wildman–Crippen MR) is 77.2 cm³/mol. The number of hydrogen-bond acceptors (Lipinski definition) is 1. The van der Waals surface area contributed by atoms with E-state index in [1.165, 1.54) is 37.8 Å². The van der Waals surface area contributed by atoms with Crippen LogP contribution >= 0.6 is 22.6 Å². The van der Waals surface area contributed by atoms with Gasteiger partial charge in [0.25, 0.3) is 0 Å². The molecular weight excluding hydrogens is 297 g/mol. The zero-order chi connectivity index (χ0) is 11.1. The molecule has 0 aliphatic carbocycles. The Balaban J connectivity index is 2.52. The lowest BCUT2D eigenvalue weighted by Gasteiger charge is -2.13. The van der Waals surface area contributed by atoms with Gasteiger partial charge in [0, 0.05) is 16.2 Å². The van der Waals surface area contributed by atoms with Gasteiger partial charge in [0.05, 0.1) is 0 Å². The molecule has 0 aromatic carbocycles. The molecule has 0 saturated heterocycles. The quantitative estimate of drug-likeness (QED) is 0.463. The smallest absolute Gasteiger partial charge is 0.0392 e. The maximum Gasteiger partial charge on any atom is 0.0392 e. The van der Waals surface area contributed by atoms with Crippen LogP contribution in [-0.4, -0.2) is 16.2 Å². The maximum absolute atomic E-state index is 4.54. The van der Waals surface area contributed by atoms with Gasteiger partial charge in [0.2, 0.25) is 0 Å². The maximum atomic E-state index is 4.54. The summed E-state index contributed by atoms with van der Waals surface area (Å²) in [5, 5.41) is 0. The summed E-state index contributed by atoms with van der Waals surface area (Å²) in [6.07, 6.45) is 11.1.